The Kier molecular flexibility index (Phi) is 5.99. The van der Waals surface area contributed by atoms with Crippen LogP contribution in [-0.4, -0.2) is 25.0 Å². The number of Topliss-reactive ketones (excluding diaryl/α,β-unsaturated/α-hetero) is 1. The van der Waals surface area contributed by atoms with Gasteiger partial charge in [-0.2, -0.15) is 0 Å². The SMILES string of the molecule is CCCOC(=O)C1=C(C)NC2=C(C(=O)CCC2)[C@@H]1c1ccccc1OCC. The second-order valence-corrected chi connectivity index (χ2v) is 6.87. The molecule has 0 amide bonds. The van der Waals surface area contributed by atoms with E-state index in [2.05, 4.69) is 5.32 Å². The summed E-state index contributed by atoms with van der Waals surface area (Å²) < 4.78 is 11.3. The molecule has 0 unspecified atom stereocenters. The lowest BCUT2D eigenvalue weighted by Crippen LogP contribution is -2.34. The van der Waals surface area contributed by atoms with E-state index in [-0.39, 0.29) is 11.8 Å². The first-order valence-corrected chi connectivity index (χ1v) is 9.71. The largest absolute Gasteiger partial charge is 0.494 e. The van der Waals surface area contributed by atoms with Crippen LogP contribution in [0.15, 0.2) is 46.8 Å². The molecule has 1 aromatic carbocycles. The third kappa shape index (κ3) is 3.77. The van der Waals surface area contributed by atoms with Gasteiger partial charge in [-0.05, 0) is 39.2 Å². The highest BCUT2D eigenvalue weighted by Crippen LogP contribution is 2.45. The predicted molar refractivity (Wildman–Crippen MR) is 103 cm³/mol. The smallest absolute Gasteiger partial charge is 0.336 e. The van der Waals surface area contributed by atoms with Crippen LogP contribution in [0.5, 0.6) is 5.75 Å². The molecule has 0 aromatic heterocycles. The van der Waals surface area contributed by atoms with Gasteiger partial charge in [0.05, 0.1) is 24.7 Å². The lowest BCUT2D eigenvalue weighted by molar-refractivity contribution is -0.139. The number of ketones is 1. The maximum atomic E-state index is 12.9. The van der Waals surface area contributed by atoms with E-state index in [1.165, 1.54) is 0 Å². The van der Waals surface area contributed by atoms with E-state index in [1.807, 2.05) is 45.0 Å². The van der Waals surface area contributed by atoms with Gasteiger partial charge in [0, 0.05) is 29.0 Å². The van der Waals surface area contributed by atoms with Gasteiger partial charge in [-0.25, -0.2) is 4.79 Å². The second-order valence-electron chi connectivity index (χ2n) is 6.87. The van der Waals surface area contributed by atoms with Crippen molar-refractivity contribution in [1.29, 1.82) is 0 Å². The summed E-state index contributed by atoms with van der Waals surface area (Å²) in [5.41, 5.74) is 3.70. The van der Waals surface area contributed by atoms with Crippen LogP contribution in [0.3, 0.4) is 0 Å². The van der Waals surface area contributed by atoms with Gasteiger partial charge in [-0.15, -0.1) is 0 Å². The lowest BCUT2D eigenvalue weighted by Gasteiger charge is -2.34. The van der Waals surface area contributed by atoms with Crippen molar-refractivity contribution in [3.05, 3.63) is 52.4 Å². The summed E-state index contributed by atoms with van der Waals surface area (Å²) in [4.78, 5) is 25.8. The summed E-state index contributed by atoms with van der Waals surface area (Å²) in [6.07, 6.45) is 2.89. The third-order valence-corrected chi connectivity index (χ3v) is 4.96. The van der Waals surface area contributed by atoms with Gasteiger partial charge in [-0.1, -0.05) is 25.1 Å². The van der Waals surface area contributed by atoms with Gasteiger partial charge in [-0.3, -0.25) is 4.79 Å². The van der Waals surface area contributed by atoms with Crippen LogP contribution in [0, 0.1) is 0 Å². The number of carbonyl (C=O) groups is 2. The molecule has 1 heterocycles. The molecule has 0 radical (unpaired) electrons. The van der Waals surface area contributed by atoms with Crippen LogP contribution < -0.4 is 10.1 Å². The second kappa shape index (κ2) is 8.42. The number of dihydropyridines is 1. The molecule has 1 aliphatic carbocycles. The Morgan fingerprint density at radius 2 is 2.00 bits per heavy atom. The molecule has 5 heteroatoms. The molecular formula is C22H27NO4. The van der Waals surface area contributed by atoms with Gasteiger partial charge in [0.1, 0.15) is 5.75 Å². The maximum absolute atomic E-state index is 12.9. The molecule has 0 saturated heterocycles. The van der Waals surface area contributed by atoms with Crippen molar-refractivity contribution in [2.75, 3.05) is 13.2 Å². The number of esters is 1. The molecule has 1 aliphatic heterocycles. The monoisotopic (exact) mass is 369 g/mol. The van der Waals surface area contributed by atoms with Crippen LogP contribution >= 0.6 is 0 Å². The number of rotatable bonds is 6. The molecular weight excluding hydrogens is 342 g/mol. The molecule has 2 aliphatic rings. The molecule has 0 bridgehead atoms. The number of benzene rings is 1. The number of nitrogens with one attached hydrogen (secondary N) is 1. The normalized spacial score (nSPS) is 19.5. The zero-order chi connectivity index (χ0) is 19.4. The first-order chi connectivity index (χ1) is 13.1. The van der Waals surface area contributed by atoms with Gasteiger partial charge in [0.25, 0.3) is 0 Å². The van der Waals surface area contributed by atoms with E-state index >= 15 is 0 Å². The quantitative estimate of drug-likeness (QED) is 0.768. The molecule has 0 saturated carbocycles. The summed E-state index contributed by atoms with van der Waals surface area (Å²) in [5.74, 6) is -0.0386. The van der Waals surface area contributed by atoms with Crippen LogP contribution in [0.4, 0.5) is 0 Å². The molecule has 27 heavy (non-hydrogen) atoms. The molecule has 0 spiro atoms. The van der Waals surface area contributed by atoms with Crippen molar-refractivity contribution in [2.45, 2.75) is 52.4 Å². The van der Waals surface area contributed by atoms with Crippen molar-refractivity contribution in [3.63, 3.8) is 0 Å². The fourth-order valence-corrected chi connectivity index (χ4v) is 3.84. The van der Waals surface area contributed by atoms with Crippen LogP contribution in [0.25, 0.3) is 0 Å². The molecule has 0 fully saturated rings. The number of allylic oxidation sites excluding steroid dienone is 3. The predicted octanol–water partition coefficient (Wildman–Crippen LogP) is 4.01. The minimum absolute atomic E-state index is 0.0911. The Balaban J connectivity index is 2.15. The van der Waals surface area contributed by atoms with Gasteiger partial charge in [0.2, 0.25) is 0 Å². The topological polar surface area (TPSA) is 64.6 Å². The van der Waals surface area contributed by atoms with Crippen LogP contribution in [0.2, 0.25) is 0 Å². The zero-order valence-corrected chi connectivity index (χ0v) is 16.3. The average Bonchev–Trinajstić information content (AvgIpc) is 2.66. The summed E-state index contributed by atoms with van der Waals surface area (Å²) in [5, 5.41) is 3.30. The van der Waals surface area contributed by atoms with Crippen molar-refractivity contribution >= 4 is 11.8 Å². The highest BCUT2D eigenvalue weighted by Gasteiger charge is 2.40. The first kappa shape index (κ1) is 19.2. The van der Waals surface area contributed by atoms with Crippen molar-refractivity contribution in [2.24, 2.45) is 0 Å². The standard InChI is InChI=1S/C22H27NO4/c1-4-13-27-22(25)19-14(3)23-16-10-8-11-17(24)21(16)20(19)15-9-6-7-12-18(15)26-5-2/h6-7,9,12,20,23H,4-5,8,10-11,13H2,1-3H3/t20-/m1/s1. The number of carbonyl (C=O) groups excluding carboxylic acids is 2. The van der Waals surface area contributed by atoms with Crippen molar-refractivity contribution in [1.82, 2.24) is 5.32 Å². The Morgan fingerprint density at radius 1 is 1.22 bits per heavy atom. The van der Waals surface area contributed by atoms with E-state index < -0.39 is 5.92 Å². The van der Waals surface area contributed by atoms with E-state index in [9.17, 15) is 9.59 Å². The van der Waals surface area contributed by atoms with Crippen molar-refractivity contribution in [3.8, 4) is 5.75 Å². The highest BCUT2D eigenvalue weighted by atomic mass is 16.5. The summed E-state index contributed by atoms with van der Waals surface area (Å²) in [6.45, 7) is 6.63. The highest BCUT2D eigenvalue weighted by molar-refractivity contribution is 6.04. The number of para-hydroxylation sites is 1. The summed E-state index contributed by atoms with van der Waals surface area (Å²) in [7, 11) is 0. The molecule has 5 nitrogen and oxygen atoms in total. The van der Waals surface area contributed by atoms with E-state index in [4.69, 9.17) is 9.47 Å². The molecule has 1 atom stereocenters. The molecule has 3 rings (SSSR count). The number of ether oxygens (including phenoxy) is 2. The summed E-state index contributed by atoms with van der Waals surface area (Å²) in [6, 6.07) is 7.64. The fraction of sp³-hybridized carbons (Fsp3) is 0.455. The average molecular weight is 369 g/mol. The Labute approximate surface area is 160 Å². The van der Waals surface area contributed by atoms with E-state index in [1.54, 1.807) is 0 Å². The zero-order valence-electron chi connectivity index (χ0n) is 16.3. The molecule has 1 N–H and O–H groups in total. The van der Waals surface area contributed by atoms with Gasteiger partial charge >= 0.3 is 5.97 Å². The number of hydrogen-bond donors (Lipinski definition) is 1. The third-order valence-electron chi connectivity index (χ3n) is 4.96. The Morgan fingerprint density at radius 3 is 2.74 bits per heavy atom. The lowest BCUT2D eigenvalue weighted by atomic mass is 9.75. The van der Waals surface area contributed by atoms with Crippen LogP contribution in [-0.2, 0) is 14.3 Å². The van der Waals surface area contributed by atoms with E-state index in [0.29, 0.717) is 36.5 Å². The Hall–Kier alpha value is -2.56. The van der Waals surface area contributed by atoms with Crippen LogP contribution in [0.1, 0.15) is 57.9 Å². The van der Waals surface area contributed by atoms with E-state index in [0.717, 1.165) is 36.2 Å². The minimum Gasteiger partial charge on any atom is -0.494 e. The fourth-order valence-electron chi connectivity index (χ4n) is 3.84. The Bertz CT molecular complexity index is 806. The number of hydrogen-bond acceptors (Lipinski definition) is 5. The first-order valence-electron chi connectivity index (χ1n) is 9.71. The molecule has 144 valence electrons. The minimum atomic E-state index is -0.457. The van der Waals surface area contributed by atoms with Gasteiger partial charge in [0.15, 0.2) is 5.78 Å². The molecule has 1 aromatic rings. The van der Waals surface area contributed by atoms with Gasteiger partial charge < -0.3 is 14.8 Å². The van der Waals surface area contributed by atoms with Crippen molar-refractivity contribution < 1.29 is 19.1 Å². The summed E-state index contributed by atoms with van der Waals surface area (Å²) >= 11 is 0. The maximum Gasteiger partial charge on any atom is 0.336 e.